The summed E-state index contributed by atoms with van der Waals surface area (Å²) in [6.45, 7) is 1.81. The smallest absolute Gasteiger partial charge is 0.119 e. The Balaban J connectivity index is 0.000000213. The molecule has 1 aliphatic carbocycles. The van der Waals surface area contributed by atoms with Crippen molar-refractivity contribution in [2.45, 2.75) is 19.8 Å². The lowest BCUT2D eigenvalue weighted by Crippen LogP contribution is -2.12. The summed E-state index contributed by atoms with van der Waals surface area (Å²) in [4.78, 5) is 13.4. The molecular formula is C12H15NO. The average molecular weight is 189 g/mol. The summed E-state index contributed by atoms with van der Waals surface area (Å²) in [7, 11) is 0. The Kier molecular flexibility index (Phi) is 4.62. The Hall–Kier alpha value is -1.44. The van der Waals surface area contributed by atoms with Crippen LogP contribution in [0.2, 0.25) is 0 Å². The molecule has 2 nitrogen and oxygen atoms in total. The summed E-state index contributed by atoms with van der Waals surface area (Å²) in [6, 6.07) is 0. The van der Waals surface area contributed by atoms with Gasteiger partial charge in [-0.25, -0.2) is 0 Å². The minimum Gasteiger partial charge on any atom is -0.303 e. The Morgan fingerprint density at radius 2 is 2.36 bits per heavy atom. The molecule has 74 valence electrons. The minimum absolute atomic E-state index is 0.551. The number of rotatable bonds is 1. The zero-order valence-electron chi connectivity index (χ0n) is 8.39. The quantitative estimate of drug-likeness (QED) is 0.583. The molecule has 1 unspecified atom stereocenters. The van der Waals surface area contributed by atoms with Crippen LogP contribution in [0.15, 0.2) is 41.6 Å². The zero-order chi connectivity index (χ0) is 10.2. The van der Waals surface area contributed by atoms with Gasteiger partial charge in [0.2, 0.25) is 0 Å². The van der Waals surface area contributed by atoms with Crippen LogP contribution in [0.5, 0.6) is 0 Å². The van der Waals surface area contributed by atoms with Crippen molar-refractivity contribution in [1.82, 2.24) is 0 Å². The number of nitrogens with zero attached hydrogens (tertiary/aromatic N) is 1. The zero-order valence-corrected chi connectivity index (χ0v) is 8.39. The van der Waals surface area contributed by atoms with E-state index in [-0.39, 0.29) is 0 Å². The summed E-state index contributed by atoms with van der Waals surface area (Å²) < 4.78 is 0. The highest BCUT2D eigenvalue weighted by atomic mass is 16.1. The fourth-order valence-electron chi connectivity index (χ4n) is 1.26. The second kappa shape index (κ2) is 6.08. The molecule has 0 amide bonds. The molecule has 2 heteroatoms. The van der Waals surface area contributed by atoms with Gasteiger partial charge < -0.3 is 4.79 Å². The molecule has 1 atom stereocenters. The predicted octanol–water partition coefficient (Wildman–Crippen LogP) is 2.68. The predicted molar refractivity (Wildman–Crippen MR) is 59.3 cm³/mol. The molecule has 0 fully saturated rings. The number of hydrogen-bond donors (Lipinski definition) is 0. The first kappa shape index (κ1) is 10.6. The molecule has 0 saturated heterocycles. The first-order chi connectivity index (χ1) is 6.88. The third-order valence-corrected chi connectivity index (χ3v) is 1.99. The van der Waals surface area contributed by atoms with Crippen molar-refractivity contribution in [1.29, 1.82) is 0 Å². The van der Waals surface area contributed by atoms with Crippen molar-refractivity contribution in [3.63, 3.8) is 0 Å². The number of aliphatic imine (C=N–C) groups is 1. The summed E-state index contributed by atoms with van der Waals surface area (Å²) >= 11 is 0. The van der Waals surface area contributed by atoms with Crippen LogP contribution in [0.4, 0.5) is 0 Å². The van der Waals surface area contributed by atoms with Gasteiger partial charge in [0.25, 0.3) is 0 Å². The van der Waals surface area contributed by atoms with Gasteiger partial charge in [0.05, 0.1) is 0 Å². The fraction of sp³-hybridized carbons (Fsp3) is 0.333. The van der Waals surface area contributed by atoms with E-state index in [0.717, 1.165) is 12.7 Å². The van der Waals surface area contributed by atoms with Crippen LogP contribution in [0, 0.1) is 5.92 Å². The number of hydrogen-bond acceptors (Lipinski definition) is 2. The molecule has 1 aliphatic heterocycles. The van der Waals surface area contributed by atoms with Gasteiger partial charge in [-0.15, -0.1) is 0 Å². The van der Waals surface area contributed by atoms with Crippen molar-refractivity contribution in [3.05, 3.63) is 36.6 Å². The van der Waals surface area contributed by atoms with E-state index in [2.05, 4.69) is 29.3 Å². The number of allylic oxidation sites excluding steroid dienone is 5. The van der Waals surface area contributed by atoms with E-state index in [9.17, 15) is 4.79 Å². The van der Waals surface area contributed by atoms with Crippen LogP contribution in [0.25, 0.3) is 0 Å². The van der Waals surface area contributed by atoms with E-state index >= 15 is 0 Å². The monoisotopic (exact) mass is 189 g/mol. The van der Waals surface area contributed by atoms with E-state index in [4.69, 9.17) is 0 Å². The van der Waals surface area contributed by atoms with Gasteiger partial charge in [-0.05, 0) is 12.5 Å². The van der Waals surface area contributed by atoms with Crippen LogP contribution in [-0.4, -0.2) is 12.0 Å². The maximum Gasteiger partial charge on any atom is 0.119 e. The summed E-state index contributed by atoms with van der Waals surface area (Å²) in [5.41, 5.74) is 1.20. The second-order valence-electron chi connectivity index (χ2n) is 3.10. The van der Waals surface area contributed by atoms with Gasteiger partial charge in [-0.3, -0.25) is 4.99 Å². The van der Waals surface area contributed by atoms with Gasteiger partial charge in [-0.2, -0.15) is 0 Å². The van der Waals surface area contributed by atoms with Crippen LogP contribution in [0.3, 0.4) is 0 Å². The lowest BCUT2D eigenvalue weighted by molar-refractivity contribution is -0.107. The minimum atomic E-state index is 0.551. The number of carbonyl (C=O) groups is 1. The van der Waals surface area contributed by atoms with Gasteiger partial charge in [0.1, 0.15) is 6.29 Å². The summed E-state index contributed by atoms with van der Waals surface area (Å²) in [6.07, 6.45) is 15.0. The first-order valence-electron chi connectivity index (χ1n) is 4.89. The lowest BCUT2D eigenvalue weighted by atomic mass is 9.94. The van der Waals surface area contributed by atoms with Gasteiger partial charge in [0.15, 0.2) is 0 Å². The third kappa shape index (κ3) is 3.13. The van der Waals surface area contributed by atoms with Gasteiger partial charge in [-0.1, -0.05) is 31.2 Å². The molecule has 2 rings (SSSR count). The highest BCUT2D eigenvalue weighted by molar-refractivity contribution is 6.00. The number of fused-ring (bicyclic) bond motifs is 1. The maximum absolute atomic E-state index is 9.17. The SMILES string of the molecule is C1=CC2=NC=CCC2C=C1.CCC=O. The first-order valence-corrected chi connectivity index (χ1v) is 4.89. The van der Waals surface area contributed by atoms with Gasteiger partial charge in [0, 0.05) is 24.3 Å². The molecule has 0 N–H and O–H groups in total. The van der Waals surface area contributed by atoms with E-state index < -0.39 is 0 Å². The Bertz CT molecular complexity index is 297. The Labute approximate surface area is 84.7 Å². The van der Waals surface area contributed by atoms with Crippen molar-refractivity contribution in [3.8, 4) is 0 Å². The van der Waals surface area contributed by atoms with Crippen LogP contribution >= 0.6 is 0 Å². The molecule has 0 aromatic heterocycles. The fourth-order valence-corrected chi connectivity index (χ4v) is 1.26. The topological polar surface area (TPSA) is 29.4 Å². The molecule has 1 heterocycles. The van der Waals surface area contributed by atoms with Crippen LogP contribution in [-0.2, 0) is 4.79 Å². The highest BCUT2D eigenvalue weighted by Gasteiger charge is 2.12. The highest BCUT2D eigenvalue weighted by Crippen LogP contribution is 2.17. The molecule has 0 aromatic rings. The summed E-state index contributed by atoms with van der Waals surface area (Å²) in [5, 5.41) is 0. The molecule has 2 aliphatic rings. The normalized spacial score (nSPS) is 21.8. The molecule has 14 heavy (non-hydrogen) atoms. The van der Waals surface area contributed by atoms with Crippen LogP contribution in [0.1, 0.15) is 19.8 Å². The molecule has 0 saturated carbocycles. The van der Waals surface area contributed by atoms with Crippen molar-refractivity contribution in [2.75, 3.05) is 0 Å². The molecular weight excluding hydrogens is 174 g/mol. The summed E-state index contributed by atoms with van der Waals surface area (Å²) in [5.74, 6) is 0.551. The molecule has 0 bridgehead atoms. The largest absolute Gasteiger partial charge is 0.303 e. The Morgan fingerprint density at radius 3 is 3.00 bits per heavy atom. The molecule has 0 aromatic carbocycles. The maximum atomic E-state index is 9.17. The van der Waals surface area contributed by atoms with Gasteiger partial charge >= 0.3 is 0 Å². The number of carbonyl (C=O) groups excluding carboxylic acids is 1. The third-order valence-electron chi connectivity index (χ3n) is 1.99. The second-order valence-corrected chi connectivity index (χ2v) is 3.10. The van der Waals surface area contributed by atoms with Crippen LogP contribution < -0.4 is 0 Å². The standard InChI is InChI=1S/C9H9N.C3H6O/c1-2-6-9-8(4-1)5-3-7-10-9;1-2-3-4/h1-4,6-8H,5H2;3H,2H2,1H3. The van der Waals surface area contributed by atoms with E-state index in [1.54, 1.807) is 0 Å². The number of aldehydes is 1. The van der Waals surface area contributed by atoms with E-state index in [1.165, 1.54) is 5.71 Å². The van der Waals surface area contributed by atoms with Crippen molar-refractivity contribution >= 4 is 12.0 Å². The molecule has 0 radical (unpaired) electrons. The van der Waals surface area contributed by atoms with E-state index in [1.807, 2.05) is 19.2 Å². The molecule has 0 spiro atoms. The lowest BCUT2D eigenvalue weighted by Gasteiger charge is -2.15. The Morgan fingerprint density at radius 1 is 1.57 bits per heavy atom. The average Bonchev–Trinajstić information content (AvgIpc) is 2.30. The van der Waals surface area contributed by atoms with E-state index in [0.29, 0.717) is 12.3 Å². The van der Waals surface area contributed by atoms with Crippen molar-refractivity contribution < 1.29 is 4.79 Å². The van der Waals surface area contributed by atoms with Crippen molar-refractivity contribution in [2.24, 2.45) is 10.9 Å².